The summed E-state index contributed by atoms with van der Waals surface area (Å²) in [7, 11) is 0. The first-order chi connectivity index (χ1) is 10.9. The summed E-state index contributed by atoms with van der Waals surface area (Å²) >= 11 is 0. The number of hydrogen-bond acceptors (Lipinski definition) is 1. The van der Waals surface area contributed by atoms with Gasteiger partial charge in [0.25, 0.3) is 0 Å². The molecule has 0 spiro atoms. The Morgan fingerprint density at radius 3 is 2.22 bits per heavy atom. The second-order valence-electron chi connectivity index (χ2n) is 5.49. The lowest BCUT2D eigenvalue weighted by Crippen LogP contribution is -2.24. The molecule has 0 aliphatic heterocycles. The van der Waals surface area contributed by atoms with Gasteiger partial charge >= 0.3 is 6.18 Å². The number of alkyl halides is 3. The first kappa shape index (κ1) is 17.1. The van der Waals surface area contributed by atoms with E-state index in [0.717, 1.165) is 17.7 Å². The van der Waals surface area contributed by atoms with Crippen molar-refractivity contribution < 1.29 is 18.0 Å². The Bertz CT molecular complexity index is 636. The average molecular weight is 321 g/mol. The standard InChI is InChI=1S/C18H18F3NO/c1-13(15-5-3-2-4-6-15)11-17(23)22-12-14-7-9-16(10-8-14)18(19,20)21/h2-10,13H,11-12H2,1H3,(H,22,23). The minimum atomic E-state index is -4.34. The molecule has 1 N–H and O–H groups in total. The zero-order valence-corrected chi connectivity index (χ0v) is 12.7. The molecule has 0 aliphatic carbocycles. The molecule has 0 aromatic heterocycles. The molecule has 0 saturated carbocycles. The van der Waals surface area contributed by atoms with Crippen LogP contribution in [0.15, 0.2) is 54.6 Å². The monoisotopic (exact) mass is 321 g/mol. The molecular formula is C18H18F3NO. The quantitative estimate of drug-likeness (QED) is 0.862. The maximum absolute atomic E-state index is 12.5. The lowest BCUT2D eigenvalue weighted by Gasteiger charge is -2.12. The van der Waals surface area contributed by atoms with Gasteiger partial charge in [-0.1, -0.05) is 49.4 Å². The molecule has 122 valence electrons. The van der Waals surface area contributed by atoms with Crippen molar-refractivity contribution in [3.63, 3.8) is 0 Å². The van der Waals surface area contributed by atoms with Crippen LogP contribution in [-0.4, -0.2) is 5.91 Å². The Morgan fingerprint density at radius 2 is 1.65 bits per heavy atom. The van der Waals surface area contributed by atoms with Gasteiger partial charge in [0.2, 0.25) is 5.91 Å². The van der Waals surface area contributed by atoms with Crippen LogP contribution >= 0.6 is 0 Å². The van der Waals surface area contributed by atoms with E-state index in [9.17, 15) is 18.0 Å². The number of halogens is 3. The molecule has 1 atom stereocenters. The highest BCUT2D eigenvalue weighted by molar-refractivity contribution is 5.76. The molecule has 2 aromatic rings. The molecule has 1 unspecified atom stereocenters. The summed E-state index contributed by atoms with van der Waals surface area (Å²) in [5, 5.41) is 2.74. The highest BCUT2D eigenvalue weighted by Crippen LogP contribution is 2.29. The van der Waals surface area contributed by atoms with Crippen molar-refractivity contribution in [1.82, 2.24) is 5.32 Å². The largest absolute Gasteiger partial charge is 0.416 e. The Labute approximate surface area is 133 Å². The molecule has 5 heteroatoms. The van der Waals surface area contributed by atoms with Crippen LogP contribution < -0.4 is 5.32 Å². The van der Waals surface area contributed by atoms with Crippen LogP contribution in [0.2, 0.25) is 0 Å². The molecule has 0 heterocycles. The van der Waals surface area contributed by atoms with Gasteiger partial charge in [-0.25, -0.2) is 0 Å². The molecular weight excluding hydrogens is 303 g/mol. The minimum Gasteiger partial charge on any atom is -0.352 e. The number of carbonyl (C=O) groups excluding carboxylic acids is 1. The van der Waals surface area contributed by atoms with E-state index in [-0.39, 0.29) is 18.4 Å². The van der Waals surface area contributed by atoms with Crippen LogP contribution in [0.5, 0.6) is 0 Å². The Morgan fingerprint density at radius 1 is 1.04 bits per heavy atom. The number of carbonyl (C=O) groups is 1. The topological polar surface area (TPSA) is 29.1 Å². The van der Waals surface area contributed by atoms with E-state index < -0.39 is 11.7 Å². The molecule has 1 amide bonds. The van der Waals surface area contributed by atoms with Gasteiger partial charge in [0.15, 0.2) is 0 Å². The van der Waals surface area contributed by atoms with Gasteiger partial charge in [0.05, 0.1) is 5.56 Å². The first-order valence-corrected chi connectivity index (χ1v) is 7.34. The molecule has 2 aromatic carbocycles. The summed E-state index contributed by atoms with van der Waals surface area (Å²) in [6.07, 6.45) is -4.00. The van der Waals surface area contributed by atoms with E-state index in [1.165, 1.54) is 12.1 Å². The van der Waals surface area contributed by atoms with E-state index in [4.69, 9.17) is 0 Å². The number of nitrogens with one attached hydrogen (secondary N) is 1. The molecule has 2 rings (SSSR count). The SMILES string of the molecule is CC(CC(=O)NCc1ccc(C(F)(F)F)cc1)c1ccccc1. The van der Waals surface area contributed by atoms with Crippen molar-refractivity contribution in [2.75, 3.05) is 0 Å². The third-order valence-corrected chi connectivity index (χ3v) is 3.63. The summed E-state index contributed by atoms with van der Waals surface area (Å²) in [6.45, 7) is 2.19. The van der Waals surface area contributed by atoms with Gasteiger partial charge in [-0.3, -0.25) is 4.79 Å². The van der Waals surface area contributed by atoms with Gasteiger partial charge in [0, 0.05) is 13.0 Å². The molecule has 0 saturated heterocycles. The average Bonchev–Trinajstić information content (AvgIpc) is 2.53. The van der Waals surface area contributed by atoms with Crippen LogP contribution in [0, 0.1) is 0 Å². The zero-order valence-electron chi connectivity index (χ0n) is 12.7. The van der Waals surface area contributed by atoms with Crippen LogP contribution in [0.25, 0.3) is 0 Å². The third kappa shape index (κ3) is 5.13. The van der Waals surface area contributed by atoms with Crippen LogP contribution in [0.4, 0.5) is 13.2 Å². The van der Waals surface area contributed by atoms with Crippen LogP contribution in [0.3, 0.4) is 0 Å². The fourth-order valence-electron chi connectivity index (χ4n) is 2.26. The number of rotatable bonds is 5. The lowest BCUT2D eigenvalue weighted by atomic mass is 9.97. The van der Waals surface area contributed by atoms with E-state index in [1.807, 2.05) is 37.3 Å². The Kier molecular flexibility index (Phi) is 5.42. The van der Waals surface area contributed by atoms with Crippen molar-refractivity contribution in [2.24, 2.45) is 0 Å². The summed E-state index contributed by atoms with van der Waals surface area (Å²) in [6, 6.07) is 14.5. The van der Waals surface area contributed by atoms with E-state index in [1.54, 1.807) is 0 Å². The van der Waals surface area contributed by atoms with Gasteiger partial charge in [-0.05, 0) is 29.2 Å². The van der Waals surface area contributed by atoms with Crippen molar-refractivity contribution in [3.05, 3.63) is 71.3 Å². The Hall–Kier alpha value is -2.30. The second kappa shape index (κ2) is 7.31. The summed E-state index contributed by atoms with van der Waals surface area (Å²) < 4.78 is 37.4. The maximum Gasteiger partial charge on any atom is 0.416 e. The summed E-state index contributed by atoms with van der Waals surface area (Å²) in [5.74, 6) is -0.0370. The van der Waals surface area contributed by atoms with Gasteiger partial charge in [0.1, 0.15) is 0 Å². The van der Waals surface area contributed by atoms with Crippen LogP contribution in [-0.2, 0) is 17.5 Å². The number of hydrogen-bond donors (Lipinski definition) is 1. The van der Waals surface area contributed by atoms with Crippen LogP contribution in [0.1, 0.15) is 36.0 Å². The number of amides is 1. The van der Waals surface area contributed by atoms with Gasteiger partial charge in [-0.15, -0.1) is 0 Å². The molecule has 23 heavy (non-hydrogen) atoms. The summed E-state index contributed by atoms with van der Waals surface area (Å²) in [4.78, 5) is 11.9. The molecule has 0 bridgehead atoms. The van der Waals surface area contributed by atoms with Gasteiger partial charge < -0.3 is 5.32 Å². The number of benzene rings is 2. The molecule has 0 fully saturated rings. The molecule has 0 radical (unpaired) electrons. The van der Waals surface area contributed by atoms with E-state index in [0.29, 0.717) is 12.0 Å². The summed E-state index contributed by atoms with van der Waals surface area (Å²) in [5.41, 5.74) is 1.03. The smallest absolute Gasteiger partial charge is 0.352 e. The van der Waals surface area contributed by atoms with Crippen molar-refractivity contribution in [2.45, 2.75) is 32.0 Å². The fraction of sp³-hybridized carbons (Fsp3) is 0.278. The zero-order chi connectivity index (χ0) is 16.9. The van der Waals surface area contributed by atoms with E-state index in [2.05, 4.69) is 5.32 Å². The predicted octanol–water partition coefficient (Wildman–Crippen LogP) is 4.52. The highest BCUT2D eigenvalue weighted by atomic mass is 19.4. The Balaban J connectivity index is 1.85. The fourth-order valence-corrected chi connectivity index (χ4v) is 2.26. The highest BCUT2D eigenvalue weighted by Gasteiger charge is 2.29. The van der Waals surface area contributed by atoms with Crippen molar-refractivity contribution in [1.29, 1.82) is 0 Å². The van der Waals surface area contributed by atoms with Gasteiger partial charge in [-0.2, -0.15) is 13.2 Å². The normalized spacial score (nSPS) is 12.7. The predicted molar refractivity (Wildman–Crippen MR) is 82.8 cm³/mol. The minimum absolute atomic E-state index is 0.0869. The van der Waals surface area contributed by atoms with Crippen molar-refractivity contribution in [3.8, 4) is 0 Å². The van der Waals surface area contributed by atoms with E-state index >= 15 is 0 Å². The molecule has 0 aliphatic rings. The second-order valence-corrected chi connectivity index (χ2v) is 5.49. The third-order valence-electron chi connectivity index (χ3n) is 3.63. The lowest BCUT2D eigenvalue weighted by molar-refractivity contribution is -0.137. The van der Waals surface area contributed by atoms with Crippen molar-refractivity contribution >= 4 is 5.91 Å². The first-order valence-electron chi connectivity index (χ1n) is 7.34. The molecule has 2 nitrogen and oxygen atoms in total. The maximum atomic E-state index is 12.5.